The highest BCUT2D eigenvalue weighted by atomic mass is 32.2. The summed E-state index contributed by atoms with van der Waals surface area (Å²) in [6.45, 7) is 4.00. The van der Waals surface area contributed by atoms with E-state index in [0.717, 1.165) is 22.4 Å². The third-order valence-corrected chi connectivity index (χ3v) is 4.66. The van der Waals surface area contributed by atoms with Crippen LogP contribution in [0.5, 0.6) is 0 Å². The van der Waals surface area contributed by atoms with Crippen LogP contribution < -0.4 is 10.6 Å². The van der Waals surface area contributed by atoms with Crippen LogP contribution in [0.15, 0.2) is 65.2 Å². The van der Waals surface area contributed by atoms with Gasteiger partial charge in [0.2, 0.25) is 0 Å². The molecule has 1 aliphatic heterocycles. The Bertz CT molecular complexity index is 878. The van der Waals surface area contributed by atoms with Crippen molar-refractivity contribution in [2.45, 2.75) is 13.8 Å². The minimum atomic E-state index is -3.42. The lowest BCUT2D eigenvalue weighted by Gasteiger charge is -2.20. The van der Waals surface area contributed by atoms with E-state index in [2.05, 4.69) is 10.6 Å². The third-order valence-electron chi connectivity index (χ3n) is 3.53. The molecule has 2 N–H and O–H groups in total. The molecule has 0 fully saturated rings. The quantitative estimate of drug-likeness (QED) is 0.906. The molecule has 0 spiro atoms. The summed E-state index contributed by atoms with van der Waals surface area (Å²) in [5, 5.41) is 8.69. The first-order valence-electron chi connectivity index (χ1n) is 7.27. The Morgan fingerprint density at radius 3 is 2.00 bits per heavy atom. The molecular formula is C18H18N2O2S. The second kappa shape index (κ2) is 5.93. The highest BCUT2D eigenvalue weighted by molar-refractivity contribution is 7.97. The fourth-order valence-electron chi connectivity index (χ4n) is 2.29. The zero-order valence-corrected chi connectivity index (χ0v) is 13.8. The van der Waals surface area contributed by atoms with Crippen LogP contribution in [-0.4, -0.2) is 8.42 Å². The number of aryl methyl sites for hydroxylation is 2. The largest absolute Gasteiger partial charge is 0.341 e. The first-order chi connectivity index (χ1) is 10.9. The maximum Gasteiger partial charge on any atom is 0.198 e. The van der Waals surface area contributed by atoms with Gasteiger partial charge in [0.15, 0.2) is 9.84 Å². The Morgan fingerprint density at radius 2 is 1.39 bits per heavy atom. The zero-order chi connectivity index (χ0) is 16.4. The van der Waals surface area contributed by atoms with E-state index in [1.54, 1.807) is 0 Å². The highest BCUT2D eigenvalue weighted by Gasteiger charge is 2.17. The Kier molecular flexibility index (Phi) is 3.96. The van der Waals surface area contributed by atoms with E-state index in [9.17, 15) is 8.42 Å². The molecule has 23 heavy (non-hydrogen) atoms. The molecule has 118 valence electrons. The van der Waals surface area contributed by atoms with Gasteiger partial charge in [-0.25, -0.2) is 8.42 Å². The molecule has 0 unspecified atom stereocenters. The molecule has 0 radical (unpaired) electrons. The van der Waals surface area contributed by atoms with Gasteiger partial charge in [-0.05, 0) is 31.5 Å². The predicted molar refractivity (Wildman–Crippen MR) is 94.1 cm³/mol. The third kappa shape index (κ3) is 3.81. The summed E-state index contributed by atoms with van der Waals surface area (Å²) in [6, 6.07) is 15.5. The van der Waals surface area contributed by atoms with E-state index < -0.39 is 9.84 Å². The van der Waals surface area contributed by atoms with Crippen molar-refractivity contribution in [1.82, 2.24) is 5.32 Å². The van der Waals surface area contributed by atoms with Gasteiger partial charge >= 0.3 is 0 Å². The van der Waals surface area contributed by atoms with Crippen molar-refractivity contribution >= 4 is 21.2 Å². The van der Waals surface area contributed by atoms with E-state index in [1.807, 2.05) is 62.4 Å². The van der Waals surface area contributed by atoms with Crippen LogP contribution in [-0.2, 0) is 9.84 Å². The van der Waals surface area contributed by atoms with Gasteiger partial charge in [0, 0.05) is 5.69 Å². The summed E-state index contributed by atoms with van der Waals surface area (Å²) in [6.07, 6.45) is 0. The fraction of sp³-hybridized carbons (Fsp3) is 0.111. The summed E-state index contributed by atoms with van der Waals surface area (Å²) in [7, 11) is -3.42. The number of hydrogen-bond donors (Lipinski definition) is 2. The van der Waals surface area contributed by atoms with Gasteiger partial charge in [-0.1, -0.05) is 47.5 Å². The molecule has 2 aromatic carbocycles. The lowest BCUT2D eigenvalue weighted by atomic mass is 10.1. The average molecular weight is 326 g/mol. The highest BCUT2D eigenvalue weighted by Crippen LogP contribution is 2.22. The zero-order valence-electron chi connectivity index (χ0n) is 13.0. The standard InChI is InChI=1S/C18H18N2O2S/c1-13-3-7-15(8-4-13)17-11-23(21,22)12-18(20-17)19-16-9-5-14(2)6-10-16/h3-12,19-20H,1-2H3. The van der Waals surface area contributed by atoms with Crippen molar-refractivity contribution in [3.05, 3.63) is 81.9 Å². The molecule has 0 saturated carbocycles. The van der Waals surface area contributed by atoms with Crippen molar-refractivity contribution in [3.63, 3.8) is 0 Å². The second-order valence-corrected chi connectivity index (χ2v) is 7.28. The second-order valence-electron chi connectivity index (χ2n) is 5.63. The minimum Gasteiger partial charge on any atom is -0.341 e. The molecule has 0 aromatic heterocycles. The number of nitrogens with one attached hydrogen (secondary N) is 2. The summed E-state index contributed by atoms with van der Waals surface area (Å²) in [5.41, 5.74) is 4.49. The minimum absolute atomic E-state index is 0.437. The van der Waals surface area contributed by atoms with Crippen molar-refractivity contribution < 1.29 is 8.42 Å². The van der Waals surface area contributed by atoms with E-state index in [0.29, 0.717) is 11.5 Å². The van der Waals surface area contributed by atoms with Crippen molar-refractivity contribution in [2.75, 3.05) is 5.32 Å². The average Bonchev–Trinajstić information content (AvgIpc) is 2.49. The molecule has 2 aromatic rings. The molecule has 0 bridgehead atoms. The van der Waals surface area contributed by atoms with Gasteiger partial charge in [-0.2, -0.15) is 0 Å². The van der Waals surface area contributed by atoms with Gasteiger partial charge in [0.05, 0.1) is 16.5 Å². The summed E-state index contributed by atoms with van der Waals surface area (Å²) in [4.78, 5) is 0. The molecule has 3 rings (SSSR count). The molecule has 1 aliphatic rings. The number of sulfone groups is 1. The van der Waals surface area contributed by atoms with Crippen molar-refractivity contribution in [2.24, 2.45) is 0 Å². The molecule has 0 aliphatic carbocycles. The molecule has 1 heterocycles. The molecule has 0 amide bonds. The monoisotopic (exact) mass is 326 g/mol. The Balaban J connectivity index is 1.87. The van der Waals surface area contributed by atoms with Gasteiger partial charge in [-0.15, -0.1) is 0 Å². The smallest absolute Gasteiger partial charge is 0.198 e. The number of benzene rings is 2. The molecule has 0 atom stereocenters. The SMILES string of the molecule is Cc1ccc(NC2=CS(=O)(=O)C=C(c3ccc(C)cc3)N2)cc1. The molecule has 4 nitrogen and oxygen atoms in total. The number of anilines is 1. The van der Waals surface area contributed by atoms with Crippen LogP contribution in [0.1, 0.15) is 16.7 Å². The predicted octanol–water partition coefficient (Wildman–Crippen LogP) is 3.53. The maximum absolute atomic E-state index is 12.1. The molecular weight excluding hydrogens is 308 g/mol. The molecule has 0 saturated heterocycles. The van der Waals surface area contributed by atoms with Crippen LogP contribution in [0.4, 0.5) is 5.69 Å². The Labute approximate surface area is 136 Å². The van der Waals surface area contributed by atoms with Crippen LogP contribution in [0.2, 0.25) is 0 Å². The van der Waals surface area contributed by atoms with Crippen LogP contribution in [0.25, 0.3) is 5.70 Å². The van der Waals surface area contributed by atoms with Crippen LogP contribution in [0.3, 0.4) is 0 Å². The molecule has 5 heteroatoms. The first-order valence-corrected chi connectivity index (χ1v) is 8.88. The van der Waals surface area contributed by atoms with E-state index in [-0.39, 0.29) is 0 Å². The van der Waals surface area contributed by atoms with Gasteiger partial charge in [0.25, 0.3) is 0 Å². The van der Waals surface area contributed by atoms with Gasteiger partial charge in [-0.3, -0.25) is 0 Å². The Morgan fingerprint density at radius 1 is 0.826 bits per heavy atom. The lowest BCUT2D eigenvalue weighted by molar-refractivity contribution is 0.611. The van der Waals surface area contributed by atoms with Crippen LogP contribution >= 0.6 is 0 Å². The van der Waals surface area contributed by atoms with Gasteiger partial charge in [0.1, 0.15) is 5.82 Å². The maximum atomic E-state index is 12.1. The summed E-state index contributed by atoms with van der Waals surface area (Å²) < 4.78 is 24.2. The normalized spacial score (nSPS) is 16.1. The van der Waals surface area contributed by atoms with E-state index in [1.165, 1.54) is 10.8 Å². The Hall–Kier alpha value is -2.53. The topological polar surface area (TPSA) is 58.2 Å². The van der Waals surface area contributed by atoms with E-state index in [4.69, 9.17) is 0 Å². The summed E-state index contributed by atoms with van der Waals surface area (Å²) in [5.74, 6) is 0.437. The van der Waals surface area contributed by atoms with E-state index >= 15 is 0 Å². The number of rotatable bonds is 3. The summed E-state index contributed by atoms with van der Waals surface area (Å²) >= 11 is 0. The first kappa shape index (κ1) is 15.4. The van der Waals surface area contributed by atoms with Crippen LogP contribution in [0, 0.1) is 13.8 Å². The lowest BCUT2D eigenvalue weighted by Crippen LogP contribution is -2.23. The fourth-order valence-corrected chi connectivity index (χ4v) is 3.33. The van der Waals surface area contributed by atoms with Crippen molar-refractivity contribution in [3.8, 4) is 0 Å². The van der Waals surface area contributed by atoms with Crippen molar-refractivity contribution in [1.29, 1.82) is 0 Å². The van der Waals surface area contributed by atoms with Gasteiger partial charge < -0.3 is 10.6 Å². The number of hydrogen-bond acceptors (Lipinski definition) is 4.